The van der Waals surface area contributed by atoms with Crippen LogP contribution >= 0.6 is 0 Å². The van der Waals surface area contributed by atoms with Crippen LogP contribution in [0.2, 0.25) is 0 Å². The molecule has 0 spiro atoms. The fourth-order valence-corrected chi connectivity index (χ4v) is 2.61. The highest BCUT2D eigenvalue weighted by atomic mass is 15.1. The predicted molar refractivity (Wildman–Crippen MR) is 79.4 cm³/mol. The third-order valence-corrected chi connectivity index (χ3v) is 3.91. The molecule has 0 aromatic heterocycles. The molecule has 0 bridgehead atoms. The molecule has 4 heteroatoms. The maximum absolute atomic E-state index is 9.25. The molecule has 2 aliphatic heterocycles. The van der Waals surface area contributed by atoms with Crippen molar-refractivity contribution in [3.05, 3.63) is 64.3 Å². The summed E-state index contributed by atoms with van der Waals surface area (Å²) in [6.07, 6.45) is 3.90. The Hall–Kier alpha value is -2.67. The van der Waals surface area contributed by atoms with Crippen LogP contribution < -0.4 is 16.0 Å². The second-order valence-corrected chi connectivity index (χ2v) is 5.10. The topological polar surface area (TPSA) is 65.1 Å². The molecule has 0 fully saturated rings. The summed E-state index contributed by atoms with van der Waals surface area (Å²) in [6.45, 7) is 4.98. The minimum absolute atomic E-state index is 0.422. The van der Waals surface area contributed by atoms with Gasteiger partial charge in [0, 0.05) is 30.2 Å². The average molecular weight is 264 g/mol. The van der Waals surface area contributed by atoms with Crippen molar-refractivity contribution in [3.8, 4) is 6.07 Å². The molecule has 20 heavy (non-hydrogen) atoms. The first-order valence-electron chi connectivity index (χ1n) is 6.52. The molecule has 2 heterocycles. The van der Waals surface area contributed by atoms with Crippen LogP contribution in [0.4, 0.5) is 5.69 Å². The average Bonchev–Trinajstić information content (AvgIpc) is 2.85. The minimum Gasteiger partial charge on any atom is -0.384 e. The molecule has 0 unspecified atom stereocenters. The van der Waals surface area contributed by atoms with Crippen molar-refractivity contribution in [1.82, 2.24) is 5.32 Å². The number of nitriles is 1. The van der Waals surface area contributed by atoms with Crippen molar-refractivity contribution in [2.45, 2.75) is 13.8 Å². The first-order valence-corrected chi connectivity index (χ1v) is 6.52. The third kappa shape index (κ3) is 1.76. The third-order valence-electron chi connectivity index (χ3n) is 3.91. The zero-order chi connectivity index (χ0) is 14.3. The van der Waals surface area contributed by atoms with E-state index in [1.165, 1.54) is 16.8 Å². The summed E-state index contributed by atoms with van der Waals surface area (Å²) in [4.78, 5) is 2.17. The van der Waals surface area contributed by atoms with Crippen LogP contribution in [-0.4, -0.2) is 6.54 Å². The van der Waals surface area contributed by atoms with Crippen molar-refractivity contribution in [2.75, 3.05) is 11.4 Å². The van der Waals surface area contributed by atoms with Crippen LogP contribution in [0.5, 0.6) is 0 Å². The molecule has 0 radical (unpaired) electrons. The summed E-state index contributed by atoms with van der Waals surface area (Å²) >= 11 is 0. The first-order chi connectivity index (χ1) is 9.61. The van der Waals surface area contributed by atoms with Crippen molar-refractivity contribution >= 4 is 5.69 Å². The Kier molecular flexibility index (Phi) is 2.76. The van der Waals surface area contributed by atoms with E-state index in [-0.39, 0.29) is 0 Å². The Balaban J connectivity index is 2.05. The molecule has 0 saturated heterocycles. The smallest absolute Gasteiger partial charge is 0.119 e. The van der Waals surface area contributed by atoms with Crippen LogP contribution in [0.3, 0.4) is 0 Å². The van der Waals surface area contributed by atoms with E-state index in [2.05, 4.69) is 48.3 Å². The fourth-order valence-electron chi connectivity index (χ4n) is 2.61. The van der Waals surface area contributed by atoms with E-state index in [9.17, 15) is 5.26 Å². The molecule has 100 valence electrons. The summed E-state index contributed by atoms with van der Waals surface area (Å²) in [7, 11) is 0. The van der Waals surface area contributed by atoms with E-state index >= 15 is 0 Å². The van der Waals surface area contributed by atoms with Gasteiger partial charge in [-0.1, -0.05) is 12.1 Å². The normalized spacial score (nSPS) is 17.1. The zero-order valence-electron chi connectivity index (χ0n) is 11.6. The zero-order valence-corrected chi connectivity index (χ0v) is 11.6. The molecular formula is C16H16N4. The molecule has 3 N–H and O–H groups in total. The van der Waals surface area contributed by atoms with Gasteiger partial charge in [-0.3, -0.25) is 0 Å². The monoisotopic (exact) mass is 264 g/mol. The van der Waals surface area contributed by atoms with Gasteiger partial charge in [0.25, 0.3) is 0 Å². The number of nitrogens with two attached hydrogens (primary N) is 1. The molecule has 1 aromatic carbocycles. The van der Waals surface area contributed by atoms with Gasteiger partial charge in [-0.2, -0.15) is 5.26 Å². The number of hydrogen-bond acceptors (Lipinski definition) is 4. The number of fused-ring (bicyclic) bond motifs is 1. The second-order valence-electron chi connectivity index (χ2n) is 5.10. The number of allylic oxidation sites excluding steroid dienone is 1. The maximum Gasteiger partial charge on any atom is 0.119 e. The summed E-state index contributed by atoms with van der Waals surface area (Å²) in [5, 5.41) is 12.2. The number of nitrogens with zero attached hydrogens (tertiary/aromatic N) is 2. The van der Waals surface area contributed by atoms with Crippen molar-refractivity contribution in [1.29, 1.82) is 5.26 Å². The number of rotatable bonds is 1. The lowest BCUT2D eigenvalue weighted by molar-refractivity contribution is 0.961. The summed E-state index contributed by atoms with van der Waals surface area (Å²) in [6, 6.07) is 8.44. The maximum atomic E-state index is 9.25. The number of hydrogen-bond donors (Lipinski definition) is 2. The summed E-state index contributed by atoms with van der Waals surface area (Å²) in [5.74, 6) is 0.422. The molecule has 0 amide bonds. The second kappa shape index (κ2) is 4.46. The van der Waals surface area contributed by atoms with Crippen LogP contribution in [0.15, 0.2) is 53.1 Å². The number of aryl methyl sites for hydroxylation is 1. The van der Waals surface area contributed by atoms with Gasteiger partial charge in [0.15, 0.2) is 0 Å². The largest absolute Gasteiger partial charge is 0.384 e. The summed E-state index contributed by atoms with van der Waals surface area (Å²) in [5.41, 5.74) is 12.1. The van der Waals surface area contributed by atoms with Gasteiger partial charge < -0.3 is 16.0 Å². The molecule has 0 aliphatic carbocycles. The number of nitrogens with one attached hydrogen (secondary N) is 1. The highest BCUT2D eigenvalue weighted by Gasteiger charge is 2.27. The van der Waals surface area contributed by atoms with Gasteiger partial charge in [-0.25, -0.2) is 0 Å². The first kappa shape index (κ1) is 12.4. The number of dihydropyridines is 1. The SMILES string of the molecule is Cc1cccc(N2C=C3C(=CNC(N)=C3C#N)C2)c1C. The van der Waals surface area contributed by atoms with Gasteiger partial charge in [0.1, 0.15) is 17.5 Å². The molecule has 0 atom stereocenters. The van der Waals surface area contributed by atoms with E-state index < -0.39 is 0 Å². The van der Waals surface area contributed by atoms with E-state index in [1.54, 1.807) is 0 Å². The lowest BCUT2D eigenvalue weighted by Crippen LogP contribution is -2.23. The standard InChI is InChI=1S/C16H16N4/c1-10-4-3-5-15(11(10)2)20-8-12-7-19-16(18)13(6-17)14(12)9-20/h3-5,7,9,19H,8,18H2,1-2H3. The van der Waals surface area contributed by atoms with Gasteiger partial charge in [-0.05, 0) is 36.6 Å². The summed E-state index contributed by atoms with van der Waals surface area (Å²) < 4.78 is 0. The van der Waals surface area contributed by atoms with Crippen LogP contribution in [0.1, 0.15) is 11.1 Å². The molecular weight excluding hydrogens is 248 g/mol. The number of benzene rings is 1. The molecule has 0 saturated carbocycles. The lowest BCUT2D eigenvalue weighted by atomic mass is 10.0. The quantitative estimate of drug-likeness (QED) is 0.816. The lowest BCUT2D eigenvalue weighted by Gasteiger charge is -2.19. The number of anilines is 1. The Labute approximate surface area is 118 Å². The molecule has 2 aliphatic rings. The molecule has 3 rings (SSSR count). The highest BCUT2D eigenvalue weighted by Crippen LogP contribution is 2.34. The van der Waals surface area contributed by atoms with Crippen LogP contribution in [0, 0.1) is 25.2 Å². The van der Waals surface area contributed by atoms with Crippen LogP contribution in [0.25, 0.3) is 0 Å². The van der Waals surface area contributed by atoms with E-state index in [1.807, 2.05) is 12.4 Å². The van der Waals surface area contributed by atoms with Gasteiger partial charge in [0.05, 0.1) is 0 Å². The Morgan fingerprint density at radius 2 is 2.15 bits per heavy atom. The van der Waals surface area contributed by atoms with Crippen molar-refractivity contribution in [3.63, 3.8) is 0 Å². The van der Waals surface area contributed by atoms with Gasteiger partial charge in [0.2, 0.25) is 0 Å². The Morgan fingerprint density at radius 3 is 2.90 bits per heavy atom. The van der Waals surface area contributed by atoms with E-state index in [0.29, 0.717) is 11.4 Å². The minimum atomic E-state index is 0.422. The fraction of sp³-hybridized carbons (Fsp3) is 0.188. The van der Waals surface area contributed by atoms with E-state index in [0.717, 1.165) is 17.7 Å². The Morgan fingerprint density at radius 1 is 1.35 bits per heavy atom. The molecule has 4 nitrogen and oxygen atoms in total. The predicted octanol–water partition coefficient (Wildman–Crippen LogP) is 2.19. The van der Waals surface area contributed by atoms with Crippen molar-refractivity contribution in [2.24, 2.45) is 5.73 Å². The molecule has 1 aromatic rings. The van der Waals surface area contributed by atoms with Gasteiger partial charge >= 0.3 is 0 Å². The van der Waals surface area contributed by atoms with Gasteiger partial charge in [-0.15, -0.1) is 0 Å². The van der Waals surface area contributed by atoms with Crippen LogP contribution in [-0.2, 0) is 0 Å². The van der Waals surface area contributed by atoms with E-state index in [4.69, 9.17) is 5.73 Å². The Bertz CT molecular complexity index is 716. The van der Waals surface area contributed by atoms with Crippen molar-refractivity contribution < 1.29 is 0 Å². The highest BCUT2D eigenvalue weighted by molar-refractivity contribution is 5.69.